The Labute approximate surface area is 123 Å². The lowest BCUT2D eigenvalue weighted by Crippen LogP contribution is -2.44. The molecule has 2 N–H and O–H groups in total. The predicted molar refractivity (Wildman–Crippen MR) is 78.3 cm³/mol. The van der Waals surface area contributed by atoms with Gasteiger partial charge in [0.2, 0.25) is 10.0 Å². The smallest absolute Gasteiger partial charge is 0.269 e. The first-order valence-corrected chi connectivity index (χ1v) is 8.37. The molecule has 1 aromatic rings. The third-order valence-corrected chi connectivity index (χ3v) is 5.69. The maximum atomic E-state index is 12.7. The second kappa shape index (κ2) is 6.50. The minimum atomic E-state index is -3.62. The maximum absolute atomic E-state index is 12.7. The molecule has 0 bridgehead atoms. The summed E-state index contributed by atoms with van der Waals surface area (Å²) in [5.74, 6) is 0. The van der Waals surface area contributed by atoms with Crippen LogP contribution in [0.3, 0.4) is 0 Å². The summed E-state index contributed by atoms with van der Waals surface area (Å²) < 4.78 is 26.8. The lowest BCUT2D eigenvalue weighted by Gasteiger charge is -2.34. The van der Waals surface area contributed by atoms with E-state index in [2.05, 4.69) is 0 Å². The van der Waals surface area contributed by atoms with E-state index in [0.717, 1.165) is 19.3 Å². The fourth-order valence-electron chi connectivity index (χ4n) is 2.65. The maximum Gasteiger partial charge on any atom is 0.269 e. The van der Waals surface area contributed by atoms with Gasteiger partial charge < -0.3 is 5.73 Å². The van der Waals surface area contributed by atoms with Crippen molar-refractivity contribution in [1.29, 1.82) is 0 Å². The van der Waals surface area contributed by atoms with Gasteiger partial charge in [-0.25, -0.2) is 8.42 Å². The average Bonchev–Trinajstić information content (AvgIpc) is 2.48. The Morgan fingerprint density at radius 2 is 1.95 bits per heavy atom. The van der Waals surface area contributed by atoms with Crippen molar-refractivity contribution >= 4 is 15.7 Å². The van der Waals surface area contributed by atoms with Crippen LogP contribution in [-0.2, 0) is 10.0 Å². The molecule has 2 rings (SSSR count). The van der Waals surface area contributed by atoms with E-state index in [1.165, 1.54) is 28.6 Å². The molecule has 0 aliphatic carbocycles. The second-order valence-electron chi connectivity index (χ2n) is 5.09. The van der Waals surface area contributed by atoms with Gasteiger partial charge >= 0.3 is 0 Å². The van der Waals surface area contributed by atoms with E-state index in [1.807, 2.05) is 0 Å². The molecule has 0 amide bonds. The van der Waals surface area contributed by atoms with Crippen LogP contribution in [0.1, 0.15) is 25.7 Å². The van der Waals surface area contributed by atoms with Gasteiger partial charge in [-0.1, -0.05) is 6.42 Å². The molecule has 1 heterocycles. The van der Waals surface area contributed by atoms with E-state index in [4.69, 9.17) is 5.73 Å². The number of rotatable bonds is 5. The fourth-order valence-corrected chi connectivity index (χ4v) is 4.37. The van der Waals surface area contributed by atoms with E-state index in [0.29, 0.717) is 19.5 Å². The van der Waals surface area contributed by atoms with Gasteiger partial charge in [0.25, 0.3) is 5.69 Å². The van der Waals surface area contributed by atoms with Crippen LogP contribution in [0.5, 0.6) is 0 Å². The molecule has 1 fully saturated rings. The first-order chi connectivity index (χ1) is 9.96. The largest absolute Gasteiger partial charge is 0.330 e. The van der Waals surface area contributed by atoms with E-state index < -0.39 is 14.9 Å². The topological polar surface area (TPSA) is 107 Å². The van der Waals surface area contributed by atoms with Gasteiger partial charge in [-0.15, -0.1) is 0 Å². The van der Waals surface area contributed by atoms with Crippen LogP contribution in [0.25, 0.3) is 0 Å². The summed E-state index contributed by atoms with van der Waals surface area (Å²) in [7, 11) is -3.62. The highest BCUT2D eigenvalue weighted by atomic mass is 32.2. The monoisotopic (exact) mass is 313 g/mol. The standard InChI is InChI=1S/C13H19N3O4S/c14-9-8-11-3-1-2-10-15(11)21(19,20)13-6-4-12(5-7-13)16(17)18/h4-7,11H,1-3,8-10,14H2. The van der Waals surface area contributed by atoms with Crippen LogP contribution >= 0.6 is 0 Å². The molecule has 7 nitrogen and oxygen atoms in total. The van der Waals surface area contributed by atoms with E-state index in [-0.39, 0.29) is 16.6 Å². The van der Waals surface area contributed by atoms with Crippen LogP contribution in [0, 0.1) is 10.1 Å². The lowest BCUT2D eigenvalue weighted by atomic mass is 10.0. The highest BCUT2D eigenvalue weighted by molar-refractivity contribution is 7.89. The number of sulfonamides is 1. The normalized spacial score (nSPS) is 20.3. The Hall–Kier alpha value is -1.51. The minimum absolute atomic E-state index is 0.0797. The Bertz CT molecular complexity index is 598. The van der Waals surface area contributed by atoms with Crippen molar-refractivity contribution in [3.8, 4) is 0 Å². The quantitative estimate of drug-likeness (QED) is 0.654. The van der Waals surface area contributed by atoms with Crippen LogP contribution in [0.15, 0.2) is 29.2 Å². The van der Waals surface area contributed by atoms with Gasteiger partial charge in [-0.2, -0.15) is 4.31 Å². The summed E-state index contributed by atoms with van der Waals surface area (Å²) >= 11 is 0. The van der Waals surface area contributed by atoms with Crippen molar-refractivity contribution < 1.29 is 13.3 Å². The molecule has 1 aliphatic rings. The zero-order valence-corrected chi connectivity index (χ0v) is 12.5. The van der Waals surface area contributed by atoms with Gasteiger partial charge in [-0.3, -0.25) is 10.1 Å². The number of nitro groups is 1. The molecule has 1 aliphatic heterocycles. The SMILES string of the molecule is NCCC1CCCCN1S(=O)(=O)c1ccc([N+](=O)[O-])cc1. The van der Waals surface area contributed by atoms with Gasteiger partial charge in [0.15, 0.2) is 0 Å². The summed E-state index contributed by atoms with van der Waals surface area (Å²) in [6.07, 6.45) is 3.26. The van der Waals surface area contributed by atoms with Gasteiger partial charge in [0, 0.05) is 24.7 Å². The van der Waals surface area contributed by atoms with Gasteiger partial charge in [-0.05, 0) is 37.9 Å². The highest BCUT2D eigenvalue weighted by Gasteiger charge is 2.33. The van der Waals surface area contributed by atoms with Gasteiger partial charge in [0.05, 0.1) is 9.82 Å². The summed E-state index contributed by atoms with van der Waals surface area (Å²) in [6.45, 7) is 0.918. The fraction of sp³-hybridized carbons (Fsp3) is 0.538. The van der Waals surface area contributed by atoms with Crippen molar-refractivity contribution in [2.45, 2.75) is 36.6 Å². The summed E-state index contributed by atoms with van der Waals surface area (Å²) in [5.41, 5.74) is 5.44. The van der Waals surface area contributed by atoms with Crippen molar-refractivity contribution in [2.24, 2.45) is 5.73 Å². The first kappa shape index (κ1) is 15.9. The molecule has 1 atom stereocenters. The molecule has 0 spiro atoms. The molecule has 0 aromatic heterocycles. The molecular formula is C13H19N3O4S. The average molecular weight is 313 g/mol. The second-order valence-corrected chi connectivity index (χ2v) is 6.98. The summed E-state index contributed by atoms with van der Waals surface area (Å²) in [4.78, 5) is 10.2. The van der Waals surface area contributed by atoms with Crippen LogP contribution in [0.4, 0.5) is 5.69 Å². The molecule has 1 saturated heterocycles. The number of non-ortho nitro benzene ring substituents is 1. The number of nitrogens with two attached hydrogens (primary N) is 1. The first-order valence-electron chi connectivity index (χ1n) is 6.93. The Morgan fingerprint density at radius 1 is 1.29 bits per heavy atom. The molecular weight excluding hydrogens is 294 g/mol. The molecule has 0 radical (unpaired) electrons. The lowest BCUT2D eigenvalue weighted by molar-refractivity contribution is -0.384. The zero-order valence-electron chi connectivity index (χ0n) is 11.6. The molecule has 0 saturated carbocycles. The molecule has 1 aromatic carbocycles. The summed E-state index contributed by atoms with van der Waals surface area (Å²) in [6, 6.07) is 4.94. The van der Waals surface area contributed by atoms with Gasteiger partial charge in [0.1, 0.15) is 0 Å². The Morgan fingerprint density at radius 3 is 2.52 bits per heavy atom. The number of piperidine rings is 1. The van der Waals surface area contributed by atoms with Crippen LogP contribution in [-0.4, -0.2) is 36.8 Å². The van der Waals surface area contributed by atoms with E-state index in [9.17, 15) is 18.5 Å². The van der Waals surface area contributed by atoms with Crippen molar-refractivity contribution in [1.82, 2.24) is 4.31 Å². The number of nitrogens with zero attached hydrogens (tertiary/aromatic N) is 2. The number of hydrogen-bond donors (Lipinski definition) is 1. The third-order valence-electron chi connectivity index (χ3n) is 3.73. The highest BCUT2D eigenvalue weighted by Crippen LogP contribution is 2.27. The van der Waals surface area contributed by atoms with Crippen LogP contribution < -0.4 is 5.73 Å². The van der Waals surface area contributed by atoms with Crippen molar-refractivity contribution in [3.05, 3.63) is 34.4 Å². The molecule has 116 valence electrons. The zero-order chi connectivity index (χ0) is 15.5. The third kappa shape index (κ3) is 3.39. The predicted octanol–water partition coefficient (Wildman–Crippen LogP) is 1.49. The van der Waals surface area contributed by atoms with Crippen molar-refractivity contribution in [3.63, 3.8) is 0 Å². The molecule has 21 heavy (non-hydrogen) atoms. The Balaban J connectivity index is 2.28. The summed E-state index contributed by atoms with van der Waals surface area (Å²) in [5, 5.41) is 10.6. The number of benzene rings is 1. The number of hydrogen-bond acceptors (Lipinski definition) is 5. The molecule has 8 heteroatoms. The van der Waals surface area contributed by atoms with E-state index >= 15 is 0 Å². The van der Waals surface area contributed by atoms with Crippen LogP contribution in [0.2, 0.25) is 0 Å². The molecule has 1 unspecified atom stereocenters. The van der Waals surface area contributed by atoms with E-state index in [1.54, 1.807) is 0 Å². The minimum Gasteiger partial charge on any atom is -0.330 e. The Kier molecular flexibility index (Phi) is 4.92. The number of nitro benzene ring substituents is 1. The van der Waals surface area contributed by atoms with Crippen molar-refractivity contribution in [2.75, 3.05) is 13.1 Å².